The Bertz CT molecular complexity index is 1000. The normalized spacial score (nSPS) is 18.6. The largest absolute Gasteiger partial charge is 0.466 e. The fourth-order valence-electron chi connectivity index (χ4n) is 4.10. The molecule has 0 unspecified atom stereocenters. The number of hydrogen-bond acceptors (Lipinski definition) is 9. The topological polar surface area (TPSA) is 128 Å². The third kappa shape index (κ3) is 6.07. The quantitative estimate of drug-likeness (QED) is 0.418. The number of amides is 2. The molecule has 11 heteroatoms. The molecule has 0 bridgehead atoms. The van der Waals surface area contributed by atoms with Gasteiger partial charge in [0.25, 0.3) is 0 Å². The highest BCUT2D eigenvalue weighted by molar-refractivity contribution is 5.76. The molecule has 1 fully saturated rings. The van der Waals surface area contributed by atoms with E-state index < -0.39 is 42.3 Å². The van der Waals surface area contributed by atoms with E-state index in [9.17, 15) is 19.6 Å². The van der Waals surface area contributed by atoms with Crippen molar-refractivity contribution < 1.29 is 38.1 Å². The number of carbonyl (C=O) groups is 3. The first-order valence-corrected chi connectivity index (χ1v) is 11.6. The van der Waals surface area contributed by atoms with E-state index in [1.165, 1.54) is 5.01 Å². The maximum Gasteiger partial charge on any atom is 0.429 e. The Hall–Kier alpha value is -3.68. The number of benzene rings is 1. The molecule has 2 aliphatic heterocycles. The molecule has 1 saturated heterocycles. The number of hydrogen-bond donors (Lipinski definition) is 0. The fourth-order valence-corrected chi connectivity index (χ4v) is 4.10. The zero-order chi connectivity index (χ0) is 25.7. The molecule has 0 spiro atoms. The molecule has 1 aromatic rings. The summed E-state index contributed by atoms with van der Waals surface area (Å²) in [7, 11) is 0. The lowest BCUT2D eigenvalue weighted by atomic mass is 9.90. The smallest absolute Gasteiger partial charge is 0.429 e. The van der Waals surface area contributed by atoms with Gasteiger partial charge in [-0.15, -0.1) is 0 Å². The number of nitriles is 1. The molecule has 3 rings (SSSR count). The predicted octanol–water partition coefficient (Wildman–Crippen LogP) is 3.39. The lowest BCUT2D eigenvalue weighted by Crippen LogP contribution is -2.50. The molecule has 2 aliphatic rings. The Balaban J connectivity index is 2.01. The number of ether oxygens (including phenoxy) is 5. The Morgan fingerprint density at radius 1 is 1.09 bits per heavy atom. The van der Waals surface area contributed by atoms with Gasteiger partial charge in [-0.2, -0.15) is 5.26 Å². The molecular weight excluding hydrogens is 458 g/mol. The van der Waals surface area contributed by atoms with Crippen molar-refractivity contribution in [3.63, 3.8) is 0 Å². The van der Waals surface area contributed by atoms with Crippen LogP contribution in [0.1, 0.15) is 52.2 Å². The van der Waals surface area contributed by atoms with Crippen molar-refractivity contribution in [1.29, 1.82) is 5.26 Å². The number of fused-ring (bicyclic) bond motifs is 1. The van der Waals surface area contributed by atoms with Crippen LogP contribution in [0.5, 0.6) is 11.5 Å². The maximum absolute atomic E-state index is 13.2. The molecule has 0 radical (unpaired) electrons. The molecular formula is C24H31N3O8. The maximum atomic E-state index is 13.2. The summed E-state index contributed by atoms with van der Waals surface area (Å²) in [4.78, 5) is 38.5. The molecule has 2 atom stereocenters. The van der Waals surface area contributed by atoms with Gasteiger partial charge in [-0.3, -0.25) is 4.79 Å². The monoisotopic (exact) mass is 489 g/mol. The molecule has 11 nitrogen and oxygen atoms in total. The lowest BCUT2D eigenvalue weighted by Gasteiger charge is -2.32. The zero-order valence-electron chi connectivity index (χ0n) is 20.6. The summed E-state index contributed by atoms with van der Waals surface area (Å²) < 4.78 is 26.7. The number of hydrazine groups is 1. The molecule has 1 aromatic carbocycles. The molecule has 2 heterocycles. The molecule has 35 heavy (non-hydrogen) atoms. The van der Waals surface area contributed by atoms with Crippen LogP contribution in [-0.2, 0) is 25.4 Å². The first-order chi connectivity index (χ1) is 16.6. The summed E-state index contributed by atoms with van der Waals surface area (Å²) in [5.74, 6) is -0.0142. The fraction of sp³-hybridized carbons (Fsp3) is 0.583. The molecule has 0 saturated carbocycles. The van der Waals surface area contributed by atoms with Gasteiger partial charge in [-0.05, 0) is 52.7 Å². The minimum Gasteiger partial charge on any atom is -0.466 e. The Kier molecular flexibility index (Phi) is 8.27. The van der Waals surface area contributed by atoms with Gasteiger partial charge in [0.2, 0.25) is 6.79 Å². The second-order valence-electron chi connectivity index (χ2n) is 8.81. The SMILES string of the molecule is CCOC(=O)C[C@H]1CN(C(=O)OC(C)C)N(C(=O)OC(C)C)[C@@H]1Cc1cc2c(cc1C#N)OCO2. The van der Waals surface area contributed by atoms with Crippen LogP contribution >= 0.6 is 0 Å². The molecule has 0 N–H and O–H groups in total. The Labute approximate surface area is 204 Å². The van der Waals surface area contributed by atoms with Gasteiger partial charge < -0.3 is 23.7 Å². The van der Waals surface area contributed by atoms with Crippen molar-refractivity contribution in [1.82, 2.24) is 10.0 Å². The average molecular weight is 490 g/mol. The Morgan fingerprint density at radius 2 is 1.71 bits per heavy atom. The van der Waals surface area contributed by atoms with Gasteiger partial charge in [0.1, 0.15) is 0 Å². The third-order valence-electron chi connectivity index (χ3n) is 5.48. The van der Waals surface area contributed by atoms with Crippen molar-refractivity contribution in [2.75, 3.05) is 19.9 Å². The minimum atomic E-state index is -0.753. The zero-order valence-corrected chi connectivity index (χ0v) is 20.6. The lowest BCUT2D eigenvalue weighted by molar-refractivity contribution is -0.144. The first kappa shape index (κ1) is 25.9. The van der Waals surface area contributed by atoms with Crippen molar-refractivity contribution >= 4 is 18.2 Å². The molecule has 2 amide bonds. The number of nitrogens with zero attached hydrogens (tertiary/aromatic N) is 3. The third-order valence-corrected chi connectivity index (χ3v) is 5.48. The van der Waals surface area contributed by atoms with E-state index in [1.807, 2.05) is 0 Å². The van der Waals surface area contributed by atoms with E-state index in [0.29, 0.717) is 22.6 Å². The van der Waals surface area contributed by atoms with Crippen LogP contribution in [0.4, 0.5) is 9.59 Å². The van der Waals surface area contributed by atoms with Crippen molar-refractivity contribution in [2.45, 2.75) is 65.7 Å². The van der Waals surface area contributed by atoms with Crippen LogP contribution in [0.2, 0.25) is 0 Å². The van der Waals surface area contributed by atoms with E-state index in [-0.39, 0.29) is 32.8 Å². The van der Waals surface area contributed by atoms with Gasteiger partial charge in [0.15, 0.2) is 11.5 Å². The summed E-state index contributed by atoms with van der Waals surface area (Å²) in [6.45, 7) is 8.77. The number of rotatable bonds is 7. The van der Waals surface area contributed by atoms with Crippen molar-refractivity contribution in [3.05, 3.63) is 23.3 Å². The summed E-state index contributed by atoms with van der Waals surface area (Å²) in [5.41, 5.74) is 0.918. The van der Waals surface area contributed by atoms with Crippen molar-refractivity contribution in [3.8, 4) is 17.6 Å². The summed E-state index contributed by atoms with van der Waals surface area (Å²) in [5, 5.41) is 12.1. The highest BCUT2D eigenvalue weighted by Gasteiger charge is 2.48. The summed E-state index contributed by atoms with van der Waals surface area (Å²) in [6, 6.07) is 4.71. The molecule has 0 aromatic heterocycles. The molecule has 190 valence electrons. The standard InChI is InChI=1S/C24H31N3O8/c1-6-31-22(28)10-18-12-26(23(29)34-14(2)3)27(24(30)35-15(4)5)19(18)7-16-8-20-21(33-13-32-20)9-17(16)11-25/h8-9,14-15,18-19H,6-7,10,12-13H2,1-5H3/t18-,19+/m0/s1. The highest BCUT2D eigenvalue weighted by atomic mass is 16.7. The molecule has 0 aliphatic carbocycles. The summed E-state index contributed by atoms with van der Waals surface area (Å²) >= 11 is 0. The highest BCUT2D eigenvalue weighted by Crippen LogP contribution is 2.38. The minimum absolute atomic E-state index is 0.0364. The van der Waals surface area contributed by atoms with Crippen LogP contribution < -0.4 is 9.47 Å². The summed E-state index contributed by atoms with van der Waals surface area (Å²) in [6.07, 6.45) is -2.24. The van der Waals surface area contributed by atoms with E-state index in [1.54, 1.807) is 46.8 Å². The number of carbonyl (C=O) groups excluding carboxylic acids is 3. The first-order valence-electron chi connectivity index (χ1n) is 11.6. The van der Waals surface area contributed by atoms with E-state index in [2.05, 4.69) is 6.07 Å². The van der Waals surface area contributed by atoms with Crippen LogP contribution in [-0.4, -0.2) is 66.4 Å². The van der Waals surface area contributed by atoms with Gasteiger partial charge in [-0.1, -0.05) is 0 Å². The van der Waals surface area contributed by atoms with Crippen LogP contribution in [0.15, 0.2) is 12.1 Å². The number of esters is 1. The van der Waals surface area contributed by atoms with Crippen LogP contribution in [0, 0.1) is 17.2 Å². The van der Waals surface area contributed by atoms with E-state index in [0.717, 1.165) is 5.01 Å². The van der Waals surface area contributed by atoms with Crippen LogP contribution in [0.25, 0.3) is 0 Å². The van der Waals surface area contributed by atoms with Gasteiger partial charge in [0, 0.05) is 12.0 Å². The van der Waals surface area contributed by atoms with Crippen molar-refractivity contribution in [2.24, 2.45) is 5.92 Å². The van der Waals surface area contributed by atoms with Gasteiger partial charge >= 0.3 is 18.2 Å². The second kappa shape index (κ2) is 11.2. The van der Waals surface area contributed by atoms with Crippen LogP contribution in [0.3, 0.4) is 0 Å². The van der Waals surface area contributed by atoms with Gasteiger partial charge in [0.05, 0.1) is 49.5 Å². The Morgan fingerprint density at radius 3 is 2.31 bits per heavy atom. The predicted molar refractivity (Wildman–Crippen MR) is 121 cm³/mol. The van der Waals surface area contributed by atoms with E-state index in [4.69, 9.17) is 23.7 Å². The second-order valence-corrected chi connectivity index (χ2v) is 8.81. The van der Waals surface area contributed by atoms with Gasteiger partial charge in [-0.25, -0.2) is 19.6 Å². The average Bonchev–Trinajstić information content (AvgIpc) is 3.36. The van der Waals surface area contributed by atoms with E-state index >= 15 is 0 Å².